The molecule has 0 radical (unpaired) electrons. The SMILES string of the molecule is O=C(NCc1nc2ccccc2[nH]1)C1CCN(C(=O)CNc2cnc3ccccn3c2=O)CC1. The number of imidazole rings is 1. The number of fused-ring (bicyclic) bond motifs is 2. The van der Waals surface area contributed by atoms with Crippen molar-refractivity contribution in [3.05, 3.63) is 71.0 Å². The number of para-hydroxylation sites is 2. The fourth-order valence-corrected chi connectivity index (χ4v) is 4.23. The monoisotopic (exact) mass is 459 g/mol. The number of pyridine rings is 1. The number of piperidine rings is 1. The molecule has 1 aliphatic heterocycles. The predicted molar refractivity (Wildman–Crippen MR) is 127 cm³/mol. The second kappa shape index (κ2) is 9.34. The zero-order chi connectivity index (χ0) is 23.5. The molecule has 4 heterocycles. The van der Waals surface area contributed by atoms with Crippen LogP contribution < -0.4 is 16.2 Å². The van der Waals surface area contributed by atoms with Crippen LogP contribution in [0.15, 0.2) is 59.7 Å². The minimum Gasteiger partial charge on any atom is -0.370 e. The van der Waals surface area contributed by atoms with Crippen LogP contribution in [-0.4, -0.2) is 55.7 Å². The molecular weight excluding hydrogens is 434 g/mol. The Hall–Kier alpha value is -4.21. The molecule has 0 saturated carbocycles. The van der Waals surface area contributed by atoms with E-state index in [-0.39, 0.29) is 35.5 Å². The van der Waals surface area contributed by atoms with Gasteiger partial charge in [0.1, 0.15) is 17.2 Å². The Bertz CT molecular complexity index is 1370. The summed E-state index contributed by atoms with van der Waals surface area (Å²) in [6.07, 6.45) is 4.28. The molecule has 1 fully saturated rings. The first-order valence-corrected chi connectivity index (χ1v) is 11.3. The second-order valence-electron chi connectivity index (χ2n) is 8.33. The van der Waals surface area contributed by atoms with E-state index in [0.717, 1.165) is 11.0 Å². The van der Waals surface area contributed by atoms with Crippen LogP contribution in [0.4, 0.5) is 5.69 Å². The summed E-state index contributed by atoms with van der Waals surface area (Å²) in [6, 6.07) is 13.0. The number of aromatic amines is 1. The molecule has 2 amide bonds. The minimum atomic E-state index is -0.252. The van der Waals surface area contributed by atoms with Gasteiger partial charge in [0, 0.05) is 25.2 Å². The molecule has 5 rings (SSSR count). The molecule has 0 spiro atoms. The molecule has 10 nitrogen and oxygen atoms in total. The number of likely N-dealkylation sites (tertiary alicyclic amines) is 1. The summed E-state index contributed by atoms with van der Waals surface area (Å²) in [5.41, 5.74) is 2.38. The minimum absolute atomic E-state index is 0.00125. The molecule has 3 N–H and O–H groups in total. The highest BCUT2D eigenvalue weighted by Gasteiger charge is 2.27. The molecule has 174 valence electrons. The fourth-order valence-electron chi connectivity index (χ4n) is 4.23. The van der Waals surface area contributed by atoms with Gasteiger partial charge >= 0.3 is 0 Å². The van der Waals surface area contributed by atoms with Crippen LogP contribution in [0.2, 0.25) is 0 Å². The number of amides is 2. The van der Waals surface area contributed by atoms with Gasteiger partial charge in [-0.25, -0.2) is 9.97 Å². The van der Waals surface area contributed by atoms with E-state index in [4.69, 9.17) is 0 Å². The van der Waals surface area contributed by atoms with Crippen molar-refractivity contribution in [1.82, 2.24) is 29.6 Å². The average Bonchev–Trinajstić information content (AvgIpc) is 3.30. The summed E-state index contributed by atoms with van der Waals surface area (Å²) in [6.45, 7) is 1.33. The van der Waals surface area contributed by atoms with Crippen LogP contribution in [-0.2, 0) is 16.1 Å². The number of H-pyrrole nitrogens is 1. The van der Waals surface area contributed by atoms with Gasteiger partial charge < -0.3 is 20.5 Å². The Morgan fingerprint density at radius 1 is 1.09 bits per heavy atom. The lowest BCUT2D eigenvalue weighted by atomic mass is 9.96. The molecule has 4 aromatic rings. The normalized spacial score (nSPS) is 14.4. The van der Waals surface area contributed by atoms with Crippen molar-refractivity contribution in [1.29, 1.82) is 0 Å². The number of aromatic nitrogens is 4. The smallest absolute Gasteiger partial charge is 0.281 e. The van der Waals surface area contributed by atoms with E-state index in [1.807, 2.05) is 24.3 Å². The summed E-state index contributed by atoms with van der Waals surface area (Å²) < 4.78 is 1.43. The molecule has 1 aromatic carbocycles. The third-order valence-corrected chi connectivity index (χ3v) is 6.13. The summed E-state index contributed by atoms with van der Waals surface area (Å²) in [5.74, 6) is 0.433. The number of nitrogens with zero attached hydrogens (tertiary/aromatic N) is 4. The quantitative estimate of drug-likeness (QED) is 0.402. The first-order valence-electron chi connectivity index (χ1n) is 11.3. The number of hydrogen-bond acceptors (Lipinski definition) is 6. The van der Waals surface area contributed by atoms with Gasteiger partial charge in [-0.1, -0.05) is 18.2 Å². The Morgan fingerprint density at radius 3 is 2.71 bits per heavy atom. The number of benzene rings is 1. The van der Waals surface area contributed by atoms with Crippen molar-refractivity contribution in [3.8, 4) is 0 Å². The van der Waals surface area contributed by atoms with Crippen molar-refractivity contribution < 1.29 is 9.59 Å². The lowest BCUT2D eigenvalue weighted by Gasteiger charge is -2.31. The lowest BCUT2D eigenvalue weighted by Crippen LogP contribution is -2.45. The van der Waals surface area contributed by atoms with E-state index in [0.29, 0.717) is 43.9 Å². The van der Waals surface area contributed by atoms with Crippen molar-refractivity contribution in [3.63, 3.8) is 0 Å². The van der Waals surface area contributed by atoms with Crippen LogP contribution in [0.3, 0.4) is 0 Å². The van der Waals surface area contributed by atoms with Gasteiger partial charge in [-0.2, -0.15) is 0 Å². The van der Waals surface area contributed by atoms with Gasteiger partial charge in [0.05, 0.1) is 30.3 Å². The van der Waals surface area contributed by atoms with Crippen LogP contribution in [0.1, 0.15) is 18.7 Å². The number of anilines is 1. The highest BCUT2D eigenvalue weighted by Crippen LogP contribution is 2.18. The topological polar surface area (TPSA) is 124 Å². The number of nitrogens with one attached hydrogen (secondary N) is 3. The van der Waals surface area contributed by atoms with E-state index < -0.39 is 0 Å². The summed E-state index contributed by atoms with van der Waals surface area (Å²) in [4.78, 5) is 51.4. The summed E-state index contributed by atoms with van der Waals surface area (Å²) in [5, 5.41) is 5.86. The first-order chi connectivity index (χ1) is 16.6. The molecule has 0 bridgehead atoms. The van der Waals surface area contributed by atoms with Gasteiger partial charge in [0.15, 0.2) is 0 Å². The van der Waals surface area contributed by atoms with Crippen molar-refractivity contribution in [2.24, 2.45) is 5.92 Å². The first kappa shape index (κ1) is 21.6. The number of hydrogen-bond donors (Lipinski definition) is 3. The molecule has 0 aliphatic carbocycles. The van der Waals surface area contributed by atoms with E-state index in [1.165, 1.54) is 10.6 Å². The number of carbonyl (C=O) groups excluding carboxylic acids is 2. The van der Waals surface area contributed by atoms with Crippen LogP contribution >= 0.6 is 0 Å². The third kappa shape index (κ3) is 4.47. The number of rotatable bonds is 6. The van der Waals surface area contributed by atoms with Crippen LogP contribution in [0.5, 0.6) is 0 Å². The fraction of sp³-hybridized carbons (Fsp3) is 0.292. The maximum absolute atomic E-state index is 12.6. The molecule has 34 heavy (non-hydrogen) atoms. The van der Waals surface area contributed by atoms with Gasteiger partial charge in [-0.3, -0.25) is 18.8 Å². The molecule has 1 saturated heterocycles. The molecular formula is C24H25N7O3. The molecule has 0 unspecified atom stereocenters. The van der Waals surface area contributed by atoms with Crippen LogP contribution in [0, 0.1) is 5.92 Å². The highest BCUT2D eigenvalue weighted by atomic mass is 16.2. The van der Waals surface area contributed by atoms with E-state index in [9.17, 15) is 14.4 Å². The molecule has 0 atom stereocenters. The van der Waals surface area contributed by atoms with Gasteiger partial charge in [0.2, 0.25) is 11.8 Å². The standard InChI is InChI=1S/C24H25N7O3/c32-22(15-25-19-13-26-21-7-3-4-10-31(21)24(19)34)30-11-8-16(9-12-30)23(33)27-14-20-28-17-5-1-2-6-18(17)29-20/h1-7,10,13,16,25H,8-9,11-12,14-15H2,(H,27,33)(H,28,29). The van der Waals surface area contributed by atoms with Gasteiger partial charge in [0.25, 0.3) is 5.56 Å². The maximum atomic E-state index is 12.6. The Labute approximate surface area is 195 Å². The Balaban J connectivity index is 1.10. The van der Waals surface area contributed by atoms with Crippen LogP contribution in [0.25, 0.3) is 16.7 Å². The number of carbonyl (C=O) groups is 2. The Morgan fingerprint density at radius 2 is 1.88 bits per heavy atom. The average molecular weight is 460 g/mol. The van der Waals surface area contributed by atoms with E-state index in [2.05, 4.69) is 25.6 Å². The molecule has 10 heteroatoms. The zero-order valence-electron chi connectivity index (χ0n) is 18.5. The largest absolute Gasteiger partial charge is 0.370 e. The summed E-state index contributed by atoms with van der Waals surface area (Å²) >= 11 is 0. The van der Waals surface area contributed by atoms with Crippen molar-refractivity contribution in [2.75, 3.05) is 25.0 Å². The van der Waals surface area contributed by atoms with Crippen molar-refractivity contribution in [2.45, 2.75) is 19.4 Å². The van der Waals surface area contributed by atoms with Gasteiger partial charge in [-0.05, 0) is 37.1 Å². The molecule has 1 aliphatic rings. The van der Waals surface area contributed by atoms with Crippen molar-refractivity contribution >= 4 is 34.2 Å². The third-order valence-electron chi connectivity index (χ3n) is 6.13. The van der Waals surface area contributed by atoms with E-state index >= 15 is 0 Å². The zero-order valence-corrected chi connectivity index (χ0v) is 18.5. The van der Waals surface area contributed by atoms with E-state index in [1.54, 1.807) is 29.3 Å². The predicted octanol–water partition coefficient (Wildman–Crippen LogP) is 1.54. The second-order valence-corrected chi connectivity index (χ2v) is 8.33. The lowest BCUT2D eigenvalue weighted by molar-refractivity contribution is -0.134. The van der Waals surface area contributed by atoms with Gasteiger partial charge in [-0.15, -0.1) is 0 Å². The summed E-state index contributed by atoms with van der Waals surface area (Å²) in [7, 11) is 0. The molecule has 3 aromatic heterocycles. The highest BCUT2D eigenvalue weighted by molar-refractivity contribution is 5.82. The Kier molecular flexibility index (Phi) is 5.94. The maximum Gasteiger partial charge on any atom is 0.281 e.